The van der Waals surface area contributed by atoms with Crippen LogP contribution in [0.4, 0.5) is 16.2 Å². The quantitative estimate of drug-likeness (QED) is 0.651. The van der Waals surface area contributed by atoms with E-state index in [-0.39, 0.29) is 17.7 Å². The lowest BCUT2D eigenvalue weighted by molar-refractivity contribution is 0.101. The zero-order valence-corrected chi connectivity index (χ0v) is 12.2. The number of H-pyrrole nitrogens is 1. The second-order valence-corrected chi connectivity index (χ2v) is 4.59. The fourth-order valence-electron chi connectivity index (χ4n) is 1.76. The summed E-state index contributed by atoms with van der Waals surface area (Å²) in [5, 5.41) is 7.75. The largest absolute Gasteiger partial charge is 0.356 e. The molecular weight excluding hydrogens is 284 g/mol. The van der Waals surface area contributed by atoms with Gasteiger partial charge in [-0.05, 0) is 37.3 Å². The molecule has 0 fully saturated rings. The summed E-state index contributed by atoms with van der Waals surface area (Å²) in [6.07, 6.45) is 1.49. The Morgan fingerprint density at radius 3 is 2.09 bits per heavy atom. The lowest BCUT2D eigenvalue weighted by Crippen LogP contribution is -2.24. The normalized spacial score (nSPS) is 9.91. The Bertz CT molecular complexity index is 704. The monoisotopic (exact) mass is 300 g/mol. The molecule has 0 radical (unpaired) electrons. The van der Waals surface area contributed by atoms with Crippen LogP contribution in [0.15, 0.2) is 36.5 Å². The van der Waals surface area contributed by atoms with Crippen molar-refractivity contribution >= 4 is 29.1 Å². The van der Waals surface area contributed by atoms with Gasteiger partial charge in [0.05, 0.1) is 0 Å². The summed E-state index contributed by atoms with van der Waals surface area (Å²) < 4.78 is 0. The number of benzene rings is 1. The van der Waals surface area contributed by atoms with Crippen molar-refractivity contribution in [3.05, 3.63) is 47.8 Å². The van der Waals surface area contributed by atoms with E-state index in [4.69, 9.17) is 0 Å². The number of nitrogens with one attached hydrogen (secondary N) is 4. The molecule has 114 valence electrons. The highest BCUT2D eigenvalue weighted by molar-refractivity contribution is 6.05. The third-order valence-corrected chi connectivity index (χ3v) is 2.96. The number of anilines is 2. The fourth-order valence-corrected chi connectivity index (χ4v) is 1.76. The maximum atomic E-state index is 12.0. The second-order valence-electron chi connectivity index (χ2n) is 4.59. The van der Waals surface area contributed by atoms with Gasteiger partial charge in [0.1, 0.15) is 5.69 Å². The summed E-state index contributed by atoms with van der Waals surface area (Å²) >= 11 is 0. The molecule has 0 bridgehead atoms. The van der Waals surface area contributed by atoms with Gasteiger partial charge >= 0.3 is 6.03 Å². The van der Waals surface area contributed by atoms with Crippen LogP contribution in [0.25, 0.3) is 0 Å². The molecule has 1 heterocycles. The average Bonchev–Trinajstić information content (AvgIpc) is 2.99. The number of rotatable bonds is 4. The standard InChI is InChI=1S/C15H16N4O3/c1-9(20)10-7-13(17-8-10)14(21)18-11-3-5-12(6-4-11)19-15(22)16-2/h3-8,17H,1-2H3,(H,18,21)(H2,16,19,22). The van der Waals surface area contributed by atoms with Gasteiger partial charge in [-0.3, -0.25) is 9.59 Å². The molecule has 1 aromatic carbocycles. The van der Waals surface area contributed by atoms with Crippen molar-refractivity contribution in [2.45, 2.75) is 6.92 Å². The molecule has 2 rings (SSSR count). The molecular formula is C15H16N4O3. The highest BCUT2D eigenvalue weighted by Gasteiger charge is 2.11. The smallest absolute Gasteiger partial charge is 0.318 e. The minimum absolute atomic E-state index is 0.111. The van der Waals surface area contributed by atoms with E-state index >= 15 is 0 Å². The number of aromatic nitrogens is 1. The molecule has 7 heteroatoms. The van der Waals surface area contributed by atoms with E-state index in [1.165, 1.54) is 26.2 Å². The predicted octanol–water partition coefficient (Wildman–Crippen LogP) is 2.22. The number of urea groups is 1. The van der Waals surface area contributed by atoms with E-state index < -0.39 is 0 Å². The molecule has 3 amide bonds. The van der Waals surface area contributed by atoms with Gasteiger partial charge in [-0.15, -0.1) is 0 Å². The van der Waals surface area contributed by atoms with E-state index in [9.17, 15) is 14.4 Å². The second kappa shape index (κ2) is 6.57. The van der Waals surface area contributed by atoms with Crippen molar-refractivity contribution in [2.24, 2.45) is 0 Å². The van der Waals surface area contributed by atoms with Gasteiger partial charge < -0.3 is 20.9 Å². The van der Waals surface area contributed by atoms with Crippen LogP contribution in [0.1, 0.15) is 27.8 Å². The number of carbonyl (C=O) groups is 3. The fraction of sp³-hybridized carbons (Fsp3) is 0.133. The Kier molecular flexibility index (Phi) is 4.57. The number of Topliss-reactive ketones (excluding diaryl/α,β-unsaturated/α-hetero) is 1. The minimum Gasteiger partial charge on any atom is -0.356 e. The number of ketones is 1. The van der Waals surface area contributed by atoms with E-state index in [0.29, 0.717) is 22.6 Å². The van der Waals surface area contributed by atoms with Crippen molar-refractivity contribution in [3.8, 4) is 0 Å². The van der Waals surface area contributed by atoms with E-state index in [2.05, 4.69) is 20.9 Å². The lowest BCUT2D eigenvalue weighted by atomic mass is 10.2. The molecule has 22 heavy (non-hydrogen) atoms. The van der Waals surface area contributed by atoms with Crippen LogP contribution in [0, 0.1) is 0 Å². The van der Waals surface area contributed by atoms with Crippen LogP contribution in [-0.2, 0) is 0 Å². The first kappa shape index (κ1) is 15.3. The minimum atomic E-state index is -0.348. The summed E-state index contributed by atoms with van der Waals surface area (Å²) in [6.45, 7) is 1.43. The number of hydrogen-bond donors (Lipinski definition) is 4. The Balaban J connectivity index is 2.02. The van der Waals surface area contributed by atoms with Gasteiger partial charge in [0.25, 0.3) is 5.91 Å². The molecule has 0 aliphatic heterocycles. The van der Waals surface area contributed by atoms with Gasteiger partial charge in [0.15, 0.2) is 5.78 Å². The molecule has 2 aromatic rings. The summed E-state index contributed by atoms with van der Waals surface area (Å²) in [5.74, 6) is -0.459. The number of hydrogen-bond acceptors (Lipinski definition) is 3. The molecule has 0 spiro atoms. The molecule has 0 unspecified atom stereocenters. The van der Waals surface area contributed by atoms with Gasteiger partial charge in [-0.2, -0.15) is 0 Å². The van der Waals surface area contributed by atoms with Crippen molar-refractivity contribution in [3.63, 3.8) is 0 Å². The third-order valence-electron chi connectivity index (χ3n) is 2.96. The SMILES string of the molecule is CNC(=O)Nc1ccc(NC(=O)c2cc(C(C)=O)c[nH]2)cc1. The van der Waals surface area contributed by atoms with Gasteiger partial charge in [0.2, 0.25) is 0 Å². The molecule has 1 aromatic heterocycles. The molecule has 0 aliphatic rings. The first-order chi connectivity index (χ1) is 10.5. The number of aromatic amines is 1. The summed E-state index contributed by atoms with van der Waals surface area (Å²) in [5.41, 5.74) is 1.94. The highest BCUT2D eigenvalue weighted by atomic mass is 16.2. The van der Waals surface area contributed by atoms with Crippen molar-refractivity contribution < 1.29 is 14.4 Å². The Morgan fingerprint density at radius 2 is 1.59 bits per heavy atom. The Morgan fingerprint density at radius 1 is 1.00 bits per heavy atom. The van der Waals surface area contributed by atoms with Gasteiger partial charge in [-0.25, -0.2) is 4.79 Å². The first-order valence-electron chi connectivity index (χ1n) is 6.59. The van der Waals surface area contributed by atoms with Gasteiger partial charge in [-0.1, -0.05) is 0 Å². The first-order valence-corrected chi connectivity index (χ1v) is 6.59. The van der Waals surface area contributed by atoms with Gasteiger partial charge in [0, 0.05) is 30.2 Å². The topological polar surface area (TPSA) is 103 Å². The molecule has 4 N–H and O–H groups in total. The predicted molar refractivity (Wildman–Crippen MR) is 83.3 cm³/mol. The number of amides is 3. The molecule has 0 saturated carbocycles. The highest BCUT2D eigenvalue weighted by Crippen LogP contribution is 2.15. The van der Waals surface area contributed by atoms with Crippen molar-refractivity contribution in [1.29, 1.82) is 0 Å². The summed E-state index contributed by atoms with van der Waals surface area (Å²) in [7, 11) is 1.52. The molecule has 0 saturated heterocycles. The zero-order chi connectivity index (χ0) is 16.1. The number of carbonyl (C=O) groups excluding carboxylic acids is 3. The third kappa shape index (κ3) is 3.72. The molecule has 0 aliphatic carbocycles. The van der Waals surface area contributed by atoms with Crippen LogP contribution in [0.2, 0.25) is 0 Å². The molecule has 7 nitrogen and oxygen atoms in total. The van der Waals surface area contributed by atoms with Crippen LogP contribution in [0.5, 0.6) is 0 Å². The van der Waals surface area contributed by atoms with Crippen LogP contribution in [0.3, 0.4) is 0 Å². The summed E-state index contributed by atoms with van der Waals surface area (Å²) in [4.78, 5) is 37.1. The maximum Gasteiger partial charge on any atom is 0.318 e. The average molecular weight is 300 g/mol. The van der Waals surface area contributed by atoms with E-state index in [1.807, 2.05) is 0 Å². The van der Waals surface area contributed by atoms with Crippen molar-refractivity contribution in [1.82, 2.24) is 10.3 Å². The van der Waals surface area contributed by atoms with E-state index in [1.54, 1.807) is 24.3 Å². The van der Waals surface area contributed by atoms with Crippen LogP contribution in [-0.4, -0.2) is 29.8 Å². The Labute approximate surface area is 127 Å². The lowest BCUT2D eigenvalue weighted by Gasteiger charge is -2.07. The van der Waals surface area contributed by atoms with Crippen LogP contribution >= 0.6 is 0 Å². The Hall–Kier alpha value is -3.09. The van der Waals surface area contributed by atoms with Crippen molar-refractivity contribution in [2.75, 3.05) is 17.7 Å². The maximum absolute atomic E-state index is 12.0. The van der Waals surface area contributed by atoms with E-state index in [0.717, 1.165) is 0 Å². The van der Waals surface area contributed by atoms with Crippen LogP contribution < -0.4 is 16.0 Å². The summed E-state index contributed by atoms with van der Waals surface area (Å²) in [6, 6.07) is 7.84. The molecule has 0 atom stereocenters. The zero-order valence-electron chi connectivity index (χ0n) is 12.2.